The first-order valence-corrected chi connectivity index (χ1v) is 7.37. The lowest BCUT2D eigenvalue weighted by Gasteiger charge is -2.40. The summed E-state index contributed by atoms with van der Waals surface area (Å²) in [6.45, 7) is 9.03. The molecule has 0 atom stereocenters. The van der Waals surface area contributed by atoms with E-state index in [0.717, 1.165) is 38.8 Å². The molecule has 0 saturated heterocycles. The molecule has 0 bridgehead atoms. The van der Waals surface area contributed by atoms with Gasteiger partial charge in [0.25, 0.3) is 0 Å². The summed E-state index contributed by atoms with van der Waals surface area (Å²) < 4.78 is 1.93. The molecule has 1 heterocycles. The van der Waals surface area contributed by atoms with Crippen molar-refractivity contribution in [2.75, 3.05) is 6.54 Å². The highest BCUT2D eigenvalue weighted by Crippen LogP contribution is 2.39. The highest BCUT2D eigenvalue weighted by molar-refractivity contribution is 5.03. The first-order valence-electron chi connectivity index (χ1n) is 7.37. The zero-order valence-electron chi connectivity index (χ0n) is 12.4. The molecule has 1 aromatic heterocycles. The molecule has 2 N–H and O–H groups in total. The van der Waals surface area contributed by atoms with Crippen molar-refractivity contribution in [3.63, 3.8) is 0 Å². The molecular weight excluding hydrogens is 238 g/mol. The van der Waals surface area contributed by atoms with Crippen LogP contribution in [0.4, 0.5) is 0 Å². The van der Waals surface area contributed by atoms with Gasteiger partial charge in [0.2, 0.25) is 0 Å². The van der Waals surface area contributed by atoms with Crippen molar-refractivity contribution in [3.05, 3.63) is 18.0 Å². The van der Waals surface area contributed by atoms with Crippen LogP contribution in [0, 0.1) is 5.41 Å². The second-order valence-corrected chi connectivity index (χ2v) is 6.70. The lowest BCUT2D eigenvalue weighted by Crippen LogP contribution is -2.44. The van der Waals surface area contributed by atoms with Crippen molar-refractivity contribution in [1.29, 1.82) is 0 Å². The Morgan fingerprint density at radius 3 is 2.58 bits per heavy atom. The highest BCUT2D eigenvalue weighted by atomic mass is 16.3. The molecule has 0 radical (unpaired) electrons. The van der Waals surface area contributed by atoms with Crippen LogP contribution in [-0.4, -0.2) is 27.0 Å². The number of aryl methyl sites for hydroxylation is 1. The fraction of sp³-hybridized carbons (Fsp3) is 0.800. The summed E-state index contributed by atoms with van der Waals surface area (Å²) >= 11 is 0. The van der Waals surface area contributed by atoms with E-state index in [2.05, 4.69) is 37.4 Å². The molecule has 0 amide bonds. The summed E-state index contributed by atoms with van der Waals surface area (Å²) in [6, 6.07) is 0. The zero-order chi connectivity index (χ0) is 13.9. The lowest BCUT2D eigenvalue weighted by molar-refractivity contribution is -0.0245. The van der Waals surface area contributed by atoms with Crippen LogP contribution in [0.5, 0.6) is 0 Å². The normalized spacial score (nSPS) is 21.5. The van der Waals surface area contributed by atoms with Gasteiger partial charge in [-0.15, -0.1) is 0 Å². The first-order chi connectivity index (χ1) is 8.92. The van der Waals surface area contributed by atoms with E-state index < -0.39 is 5.60 Å². The molecule has 0 aliphatic heterocycles. The third kappa shape index (κ3) is 4.05. The van der Waals surface area contributed by atoms with Gasteiger partial charge in [-0.05, 0) is 38.0 Å². The van der Waals surface area contributed by atoms with Crippen molar-refractivity contribution in [2.24, 2.45) is 5.41 Å². The molecule has 108 valence electrons. The Labute approximate surface area is 116 Å². The van der Waals surface area contributed by atoms with Gasteiger partial charge in [0, 0.05) is 31.4 Å². The van der Waals surface area contributed by atoms with E-state index in [1.54, 1.807) is 0 Å². The van der Waals surface area contributed by atoms with E-state index >= 15 is 0 Å². The predicted octanol–water partition coefficient (Wildman–Crippen LogP) is 2.32. The Balaban J connectivity index is 1.76. The predicted molar refractivity (Wildman–Crippen MR) is 76.8 cm³/mol. The fourth-order valence-corrected chi connectivity index (χ4v) is 2.68. The third-order valence-corrected chi connectivity index (χ3v) is 4.33. The van der Waals surface area contributed by atoms with Crippen LogP contribution in [0.2, 0.25) is 0 Å². The van der Waals surface area contributed by atoms with Crippen LogP contribution < -0.4 is 5.32 Å². The lowest BCUT2D eigenvalue weighted by atomic mass is 9.71. The maximum atomic E-state index is 10.5. The fourth-order valence-electron chi connectivity index (χ4n) is 2.68. The molecule has 4 heteroatoms. The minimum absolute atomic E-state index is 0.397. The minimum Gasteiger partial charge on any atom is -0.389 e. The summed E-state index contributed by atoms with van der Waals surface area (Å²) in [5.74, 6) is 0. The summed E-state index contributed by atoms with van der Waals surface area (Å²) in [5, 5.41) is 18.2. The molecule has 0 unspecified atom stereocenters. The molecule has 0 aromatic carbocycles. The van der Waals surface area contributed by atoms with Gasteiger partial charge in [-0.1, -0.05) is 13.8 Å². The van der Waals surface area contributed by atoms with E-state index in [-0.39, 0.29) is 0 Å². The van der Waals surface area contributed by atoms with Gasteiger partial charge in [-0.3, -0.25) is 4.68 Å². The van der Waals surface area contributed by atoms with E-state index in [0.29, 0.717) is 12.0 Å². The molecule has 1 fully saturated rings. The molecule has 19 heavy (non-hydrogen) atoms. The second kappa shape index (κ2) is 5.63. The third-order valence-electron chi connectivity index (χ3n) is 4.33. The average Bonchev–Trinajstić information content (AvgIpc) is 2.82. The van der Waals surface area contributed by atoms with Crippen LogP contribution in [-0.2, 0) is 13.1 Å². The number of nitrogens with one attached hydrogen (secondary N) is 1. The number of rotatable bonds is 5. The van der Waals surface area contributed by atoms with Gasteiger partial charge in [0.15, 0.2) is 0 Å². The Hall–Kier alpha value is -0.870. The molecule has 1 saturated carbocycles. The van der Waals surface area contributed by atoms with Crippen molar-refractivity contribution < 1.29 is 5.11 Å². The van der Waals surface area contributed by atoms with Crippen LogP contribution in [0.25, 0.3) is 0 Å². The maximum absolute atomic E-state index is 10.5. The van der Waals surface area contributed by atoms with Crippen molar-refractivity contribution in [1.82, 2.24) is 15.1 Å². The summed E-state index contributed by atoms with van der Waals surface area (Å²) in [4.78, 5) is 0. The topological polar surface area (TPSA) is 50.1 Å². The van der Waals surface area contributed by atoms with Crippen LogP contribution >= 0.6 is 0 Å². The smallest absolute Gasteiger partial charge is 0.0772 e. The van der Waals surface area contributed by atoms with Gasteiger partial charge >= 0.3 is 0 Å². The maximum Gasteiger partial charge on any atom is 0.0772 e. The van der Waals surface area contributed by atoms with Gasteiger partial charge in [0.05, 0.1) is 11.8 Å². The van der Waals surface area contributed by atoms with Gasteiger partial charge < -0.3 is 10.4 Å². The zero-order valence-corrected chi connectivity index (χ0v) is 12.4. The van der Waals surface area contributed by atoms with Gasteiger partial charge in [-0.2, -0.15) is 5.10 Å². The molecular formula is C15H27N3O. The number of aliphatic hydroxyl groups is 1. The van der Waals surface area contributed by atoms with Crippen molar-refractivity contribution in [2.45, 2.75) is 65.1 Å². The average molecular weight is 265 g/mol. The minimum atomic E-state index is -0.518. The van der Waals surface area contributed by atoms with Crippen LogP contribution in [0.15, 0.2) is 12.4 Å². The van der Waals surface area contributed by atoms with Gasteiger partial charge in [-0.25, -0.2) is 0 Å². The monoisotopic (exact) mass is 265 g/mol. The van der Waals surface area contributed by atoms with Gasteiger partial charge in [0.1, 0.15) is 0 Å². The molecule has 2 rings (SSSR count). The molecule has 0 spiro atoms. The van der Waals surface area contributed by atoms with Crippen molar-refractivity contribution >= 4 is 0 Å². The summed E-state index contributed by atoms with van der Waals surface area (Å²) in [6.07, 6.45) is 7.98. The van der Waals surface area contributed by atoms with E-state index in [1.165, 1.54) is 5.56 Å². The number of hydrogen-bond donors (Lipinski definition) is 2. The number of hydrogen-bond acceptors (Lipinski definition) is 3. The quantitative estimate of drug-likeness (QED) is 0.859. The molecule has 1 aliphatic carbocycles. The van der Waals surface area contributed by atoms with Crippen LogP contribution in [0.1, 0.15) is 52.0 Å². The van der Waals surface area contributed by atoms with Crippen molar-refractivity contribution in [3.8, 4) is 0 Å². The highest BCUT2D eigenvalue weighted by Gasteiger charge is 2.36. The number of aromatic nitrogens is 2. The Morgan fingerprint density at radius 2 is 2.00 bits per heavy atom. The molecule has 4 nitrogen and oxygen atoms in total. The SMILES string of the molecule is CCn1cc(CNCC2(O)CCC(C)(C)CC2)cn1. The Kier molecular flexibility index (Phi) is 4.31. The molecule has 1 aromatic rings. The Bertz CT molecular complexity index is 401. The van der Waals surface area contributed by atoms with E-state index in [9.17, 15) is 5.11 Å². The number of nitrogens with zero attached hydrogens (tertiary/aromatic N) is 2. The molecule has 1 aliphatic rings. The largest absolute Gasteiger partial charge is 0.389 e. The van der Waals surface area contributed by atoms with E-state index in [4.69, 9.17) is 0 Å². The summed E-state index contributed by atoms with van der Waals surface area (Å²) in [5.41, 5.74) is 1.06. The van der Waals surface area contributed by atoms with E-state index in [1.807, 2.05) is 10.9 Å². The first kappa shape index (κ1) is 14.5. The second-order valence-electron chi connectivity index (χ2n) is 6.70. The standard InChI is InChI=1S/C15H27N3O/c1-4-18-11-13(10-17-18)9-16-12-15(19)7-5-14(2,3)6-8-15/h10-11,16,19H,4-9,12H2,1-3H3. The Morgan fingerprint density at radius 1 is 1.32 bits per heavy atom. The van der Waals surface area contributed by atoms with Crippen LogP contribution in [0.3, 0.4) is 0 Å². The summed E-state index contributed by atoms with van der Waals surface area (Å²) in [7, 11) is 0.